The van der Waals surface area contributed by atoms with Crippen LogP contribution >= 0.6 is 11.6 Å². The molecule has 0 aliphatic heterocycles. The van der Waals surface area contributed by atoms with Crippen molar-refractivity contribution in [2.24, 2.45) is 5.73 Å². The Morgan fingerprint density at radius 3 is 2.53 bits per heavy atom. The van der Waals surface area contributed by atoms with Crippen molar-refractivity contribution >= 4 is 11.6 Å². The fourth-order valence-electron chi connectivity index (χ4n) is 1.48. The lowest BCUT2D eigenvalue weighted by Crippen LogP contribution is -2.30. The minimum Gasteiger partial charge on any atom is -0.329 e. The molecule has 15 heavy (non-hydrogen) atoms. The van der Waals surface area contributed by atoms with Crippen molar-refractivity contribution in [3.8, 4) is 0 Å². The van der Waals surface area contributed by atoms with Crippen molar-refractivity contribution in [3.05, 3.63) is 47.5 Å². The summed E-state index contributed by atoms with van der Waals surface area (Å²) in [4.78, 5) is 2.19. The Balaban J connectivity index is 2.54. The van der Waals surface area contributed by atoms with Crippen LogP contribution in [0.1, 0.15) is 5.56 Å². The number of benzene rings is 1. The molecule has 0 spiro atoms. The first kappa shape index (κ1) is 12.2. The third-order valence-electron chi connectivity index (χ3n) is 2.09. The van der Waals surface area contributed by atoms with Gasteiger partial charge in [-0.1, -0.05) is 48.5 Å². The summed E-state index contributed by atoms with van der Waals surface area (Å²) < 4.78 is 0. The van der Waals surface area contributed by atoms with E-state index in [2.05, 4.69) is 23.6 Å². The van der Waals surface area contributed by atoms with Gasteiger partial charge in [0.05, 0.1) is 0 Å². The summed E-state index contributed by atoms with van der Waals surface area (Å²) in [5.41, 5.74) is 6.81. The monoisotopic (exact) mass is 224 g/mol. The highest BCUT2D eigenvalue weighted by Crippen LogP contribution is 2.07. The molecule has 1 aromatic carbocycles. The first-order valence-electron chi connectivity index (χ1n) is 5.02. The quantitative estimate of drug-likeness (QED) is 0.803. The SMILES string of the molecule is C=C(Cl)CN(CCN)Cc1ccccc1. The van der Waals surface area contributed by atoms with E-state index in [-0.39, 0.29) is 0 Å². The first-order valence-corrected chi connectivity index (χ1v) is 5.40. The predicted octanol–water partition coefficient (Wildman–Crippen LogP) is 2.20. The van der Waals surface area contributed by atoms with Gasteiger partial charge < -0.3 is 5.73 Å². The molecule has 0 bridgehead atoms. The van der Waals surface area contributed by atoms with Gasteiger partial charge in [0.15, 0.2) is 0 Å². The third-order valence-corrected chi connectivity index (χ3v) is 2.21. The van der Waals surface area contributed by atoms with Gasteiger partial charge in [-0.05, 0) is 5.56 Å². The van der Waals surface area contributed by atoms with Gasteiger partial charge >= 0.3 is 0 Å². The molecule has 0 aromatic heterocycles. The molecule has 0 saturated heterocycles. The summed E-state index contributed by atoms with van der Waals surface area (Å²) in [6.45, 7) is 6.72. The smallest absolute Gasteiger partial charge is 0.0339 e. The Labute approximate surface area is 96.3 Å². The van der Waals surface area contributed by atoms with Gasteiger partial charge in [-0.3, -0.25) is 4.90 Å². The van der Waals surface area contributed by atoms with Crippen molar-refractivity contribution < 1.29 is 0 Å². The van der Waals surface area contributed by atoms with Crippen LogP contribution in [-0.2, 0) is 6.54 Å². The van der Waals surface area contributed by atoms with Crippen LogP contribution in [-0.4, -0.2) is 24.5 Å². The van der Waals surface area contributed by atoms with E-state index >= 15 is 0 Å². The fourth-order valence-corrected chi connectivity index (χ4v) is 1.65. The molecule has 0 aliphatic carbocycles. The van der Waals surface area contributed by atoms with E-state index < -0.39 is 0 Å². The Morgan fingerprint density at radius 1 is 1.33 bits per heavy atom. The van der Waals surface area contributed by atoms with E-state index in [4.69, 9.17) is 17.3 Å². The Bertz CT molecular complexity index is 298. The van der Waals surface area contributed by atoms with E-state index in [1.54, 1.807) is 0 Å². The van der Waals surface area contributed by atoms with Crippen LogP contribution in [0.4, 0.5) is 0 Å². The summed E-state index contributed by atoms with van der Waals surface area (Å²) in [6.07, 6.45) is 0. The van der Waals surface area contributed by atoms with Crippen LogP contribution in [0.3, 0.4) is 0 Å². The van der Waals surface area contributed by atoms with Crippen molar-refractivity contribution in [1.29, 1.82) is 0 Å². The van der Waals surface area contributed by atoms with Gasteiger partial charge in [0.1, 0.15) is 0 Å². The van der Waals surface area contributed by atoms with E-state index in [1.165, 1.54) is 5.56 Å². The van der Waals surface area contributed by atoms with Crippen LogP contribution in [0, 0.1) is 0 Å². The van der Waals surface area contributed by atoms with Gasteiger partial charge in [0.2, 0.25) is 0 Å². The average molecular weight is 225 g/mol. The van der Waals surface area contributed by atoms with Crippen LogP contribution in [0.15, 0.2) is 41.9 Å². The zero-order chi connectivity index (χ0) is 11.1. The van der Waals surface area contributed by atoms with Crippen LogP contribution in [0.5, 0.6) is 0 Å². The number of halogens is 1. The summed E-state index contributed by atoms with van der Waals surface area (Å²) in [7, 11) is 0. The lowest BCUT2D eigenvalue weighted by atomic mass is 10.2. The molecule has 0 atom stereocenters. The highest BCUT2D eigenvalue weighted by Gasteiger charge is 2.05. The van der Waals surface area contributed by atoms with Gasteiger partial charge in [0, 0.05) is 31.2 Å². The number of nitrogens with two attached hydrogens (primary N) is 1. The number of hydrogen-bond donors (Lipinski definition) is 1. The zero-order valence-corrected chi connectivity index (χ0v) is 9.58. The van der Waals surface area contributed by atoms with Gasteiger partial charge in [0.25, 0.3) is 0 Å². The number of rotatable bonds is 6. The van der Waals surface area contributed by atoms with Gasteiger partial charge in [-0.2, -0.15) is 0 Å². The fraction of sp³-hybridized carbons (Fsp3) is 0.333. The van der Waals surface area contributed by atoms with Gasteiger partial charge in [-0.15, -0.1) is 0 Å². The number of hydrogen-bond acceptors (Lipinski definition) is 2. The second-order valence-electron chi connectivity index (χ2n) is 3.50. The largest absolute Gasteiger partial charge is 0.329 e. The maximum absolute atomic E-state index is 5.80. The molecule has 0 fully saturated rings. The normalized spacial score (nSPS) is 10.6. The second kappa shape index (κ2) is 6.62. The molecule has 2 N–H and O–H groups in total. The molecule has 0 radical (unpaired) electrons. The average Bonchev–Trinajstić information content (AvgIpc) is 2.18. The molecule has 0 unspecified atom stereocenters. The molecular weight excluding hydrogens is 208 g/mol. The lowest BCUT2D eigenvalue weighted by molar-refractivity contribution is 0.301. The highest BCUT2D eigenvalue weighted by atomic mass is 35.5. The molecular formula is C12H17ClN2. The molecule has 0 heterocycles. The standard InChI is InChI=1S/C12H17ClN2/c1-11(13)9-15(8-7-14)10-12-5-3-2-4-6-12/h2-6H,1,7-10,14H2. The molecule has 0 amide bonds. The van der Waals surface area contributed by atoms with E-state index in [0.29, 0.717) is 18.1 Å². The molecule has 0 aliphatic rings. The van der Waals surface area contributed by atoms with Gasteiger partial charge in [-0.25, -0.2) is 0 Å². The van der Waals surface area contributed by atoms with Crippen molar-refractivity contribution in [2.45, 2.75) is 6.54 Å². The number of nitrogens with zero attached hydrogens (tertiary/aromatic N) is 1. The maximum atomic E-state index is 5.80. The Morgan fingerprint density at radius 2 is 2.00 bits per heavy atom. The molecule has 82 valence electrons. The van der Waals surface area contributed by atoms with E-state index in [9.17, 15) is 0 Å². The Kier molecular flexibility index (Phi) is 5.40. The summed E-state index contributed by atoms with van der Waals surface area (Å²) in [5, 5.41) is 0.652. The molecule has 1 aromatic rings. The van der Waals surface area contributed by atoms with E-state index in [0.717, 1.165) is 13.1 Å². The highest BCUT2D eigenvalue weighted by molar-refractivity contribution is 6.29. The maximum Gasteiger partial charge on any atom is 0.0339 e. The summed E-state index contributed by atoms with van der Waals surface area (Å²) >= 11 is 5.80. The molecule has 1 rings (SSSR count). The van der Waals surface area contributed by atoms with Crippen LogP contribution < -0.4 is 5.73 Å². The van der Waals surface area contributed by atoms with Crippen LogP contribution in [0.25, 0.3) is 0 Å². The second-order valence-corrected chi connectivity index (χ2v) is 4.04. The topological polar surface area (TPSA) is 29.3 Å². The van der Waals surface area contributed by atoms with Crippen LogP contribution in [0.2, 0.25) is 0 Å². The lowest BCUT2D eigenvalue weighted by Gasteiger charge is -2.20. The van der Waals surface area contributed by atoms with E-state index in [1.807, 2.05) is 18.2 Å². The predicted molar refractivity (Wildman–Crippen MR) is 65.8 cm³/mol. The minimum atomic E-state index is 0.636. The first-order chi connectivity index (χ1) is 7.22. The molecule has 0 saturated carbocycles. The zero-order valence-electron chi connectivity index (χ0n) is 8.82. The molecule has 2 nitrogen and oxygen atoms in total. The van der Waals surface area contributed by atoms with Crippen molar-refractivity contribution in [3.63, 3.8) is 0 Å². The Hall–Kier alpha value is -0.830. The third kappa shape index (κ3) is 4.98. The minimum absolute atomic E-state index is 0.636. The van der Waals surface area contributed by atoms with Crippen molar-refractivity contribution in [2.75, 3.05) is 19.6 Å². The molecule has 3 heteroatoms. The van der Waals surface area contributed by atoms with Crippen molar-refractivity contribution in [1.82, 2.24) is 4.90 Å². The summed E-state index contributed by atoms with van der Waals surface area (Å²) in [5.74, 6) is 0. The summed E-state index contributed by atoms with van der Waals surface area (Å²) in [6, 6.07) is 10.3.